The second-order valence-corrected chi connectivity index (χ2v) is 16.8. The molecule has 6 N–H and O–H groups in total. The molecule has 0 spiro atoms. The predicted molar refractivity (Wildman–Crippen MR) is 169 cm³/mol. The number of carbonyl (C=O) groups excluding carboxylic acids is 3. The Balaban J connectivity index is 1.54. The van der Waals surface area contributed by atoms with Crippen molar-refractivity contribution >= 4 is 69.1 Å². The molecule has 52 heavy (non-hydrogen) atoms. The molecule has 2 amide bonds. The number of anilines is 1. The van der Waals surface area contributed by atoms with E-state index in [9.17, 15) is 57.9 Å². The lowest BCUT2D eigenvalue weighted by atomic mass is 9.87. The third kappa shape index (κ3) is 12.9. The molecule has 0 bridgehead atoms. The monoisotopic (exact) mass is 819 g/mol. The molecule has 1 aliphatic heterocycles. The molecule has 1 fully saturated rings. The normalized spacial score (nSPS) is 22.4. The van der Waals surface area contributed by atoms with E-state index < -0.39 is 84.6 Å². The van der Waals surface area contributed by atoms with Crippen LogP contribution in [-0.4, -0.2) is 103 Å². The standard InChI is InChI=1S/C24H40N7O17P3S/c1-4-15(33)52-8-7-26-14(32)5-6-27-22(36)19(35)24(2,3)10-45-51(42,43)48-50(40,41)44-9-13-18(47-49(37,38)39)17(34)23(46-13)31-12-30-16-20(25)28-11-29-21(16)31/h11-13,17-19,23,34-35H,4-10H2,1-3H3,(H,26,32)(H,27,36)(H,40,41)(H,42,43)(H2,25,28,29)(H2,37,38,39)/p-4. The van der Waals surface area contributed by atoms with Gasteiger partial charge in [-0.15, -0.1) is 0 Å². The van der Waals surface area contributed by atoms with Crippen LogP contribution in [0.1, 0.15) is 39.8 Å². The van der Waals surface area contributed by atoms with Crippen LogP contribution in [0.2, 0.25) is 0 Å². The van der Waals surface area contributed by atoms with E-state index in [4.69, 9.17) is 10.5 Å². The molecule has 0 aromatic carbocycles. The Morgan fingerprint density at radius 1 is 1.10 bits per heavy atom. The molecular formula is C24H36N7O17P3S-4. The molecule has 1 aliphatic rings. The maximum atomic E-state index is 12.5. The first-order chi connectivity index (χ1) is 24.1. The van der Waals surface area contributed by atoms with Gasteiger partial charge in [-0.2, -0.15) is 0 Å². The summed E-state index contributed by atoms with van der Waals surface area (Å²) in [5.74, 6) is -1.18. The summed E-state index contributed by atoms with van der Waals surface area (Å²) >= 11 is 1.06. The summed E-state index contributed by atoms with van der Waals surface area (Å²) in [5.41, 5.74) is 4.07. The van der Waals surface area contributed by atoms with Crippen LogP contribution < -0.4 is 35.9 Å². The SMILES string of the molecule is CCC(=O)SCCNC(=O)CCNC(=O)C(O)C(C)(C)COP(=O)([O-])OP(=O)([O-])OCC1OC(n2cnc3c(N)ncnc32)C(O)C1OP(=O)([O-])[O-]. The summed E-state index contributed by atoms with van der Waals surface area (Å²) in [5, 5.41) is 26.0. The molecule has 28 heteroatoms. The van der Waals surface area contributed by atoms with Gasteiger partial charge in [0.2, 0.25) is 11.8 Å². The van der Waals surface area contributed by atoms with Crippen LogP contribution >= 0.6 is 35.2 Å². The largest absolute Gasteiger partial charge is 0.790 e. The molecule has 7 unspecified atom stereocenters. The Morgan fingerprint density at radius 2 is 1.77 bits per heavy atom. The van der Waals surface area contributed by atoms with Gasteiger partial charge in [-0.05, 0) is 0 Å². The minimum Gasteiger partial charge on any atom is -0.790 e. The van der Waals surface area contributed by atoms with Crippen molar-refractivity contribution in [3.8, 4) is 0 Å². The number of amides is 2. The number of phosphoric ester groups is 3. The van der Waals surface area contributed by atoms with Crippen molar-refractivity contribution in [2.45, 2.75) is 64.3 Å². The number of aromatic nitrogens is 4. The van der Waals surface area contributed by atoms with Gasteiger partial charge in [0, 0.05) is 37.1 Å². The van der Waals surface area contributed by atoms with Crippen molar-refractivity contribution < 1.29 is 80.5 Å². The number of aliphatic hydroxyl groups is 2. The summed E-state index contributed by atoms with van der Waals surface area (Å²) in [6.07, 6.45) is -7.20. The number of thioether (sulfide) groups is 1. The number of aliphatic hydroxyl groups excluding tert-OH is 2. The highest BCUT2D eigenvalue weighted by Gasteiger charge is 2.47. The summed E-state index contributed by atoms with van der Waals surface area (Å²) in [4.78, 5) is 94.8. The summed E-state index contributed by atoms with van der Waals surface area (Å²) in [7, 11) is -17.6. The third-order valence-corrected chi connectivity index (χ3v) is 11.1. The number of imidazole rings is 1. The number of nitrogens with zero attached hydrogens (tertiary/aromatic N) is 4. The van der Waals surface area contributed by atoms with E-state index in [1.54, 1.807) is 6.92 Å². The van der Waals surface area contributed by atoms with Crippen LogP contribution in [0.5, 0.6) is 0 Å². The van der Waals surface area contributed by atoms with E-state index in [0.717, 1.165) is 29.0 Å². The number of rotatable bonds is 20. The van der Waals surface area contributed by atoms with Gasteiger partial charge >= 0.3 is 0 Å². The first-order valence-corrected chi connectivity index (χ1v) is 20.4. The van der Waals surface area contributed by atoms with E-state index in [1.165, 1.54) is 13.8 Å². The minimum absolute atomic E-state index is 0.0206. The van der Waals surface area contributed by atoms with E-state index in [0.29, 0.717) is 12.2 Å². The van der Waals surface area contributed by atoms with E-state index in [1.807, 2.05) is 0 Å². The Labute approximate surface area is 299 Å². The summed E-state index contributed by atoms with van der Waals surface area (Å²) in [6, 6.07) is 0. The van der Waals surface area contributed by atoms with Gasteiger partial charge in [-0.25, -0.2) is 19.3 Å². The number of ether oxygens (including phenoxy) is 1. The molecule has 24 nitrogen and oxygen atoms in total. The van der Waals surface area contributed by atoms with E-state index in [-0.39, 0.29) is 41.6 Å². The Hall–Kier alpha value is -2.44. The molecule has 0 aliphatic carbocycles. The lowest BCUT2D eigenvalue weighted by Gasteiger charge is -2.36. The van der Waals surface area contributed by atoms with Crippen LogP contribution in [-0.2, 0) is 50.7 Å². The molecule has 2 aromatic rings. The zero-order valence-corrected chi connectivity index (χ0v) is 31.1. The lowest BCUT2D eigenvalue weighted by Crippen LogP contribution is -2.46. The van der Waals surface area contributed by atoms with Gasteiger partial charge in [0.25, 0.3) is 15.6 Å². The van der Waals surface area contributed by atoms with E-state index >= 15 is 0 Å². The molecular weight excluding hydrogens is 783 g/mol. The van der Waals surface area contributed by atoms with Crippen LogP contribution in [0.3, 0.4) is 0 Å². The van der Waals surface area contributed by atoms with Crippen molar-refractivity contribution in [1.82, 2.24) is 30.2 Å². The van der Waals surface area contributed by atoms with Crippen molar-refractivity contribution in [3.63, 3.8) is 0 Å². The van der Waals surface area contributed by atoms with Gasteiger partial charge in [0.1, 0.15) is 36.3 Å². The molecule has 3 rings (SSSR count). The fourth-order valence-electron chi connectivity index (χ4n) is 4.37. The Morgan fingerprint density at radius 3 is 2.42 bits per heavy atom. The highest BCUT2D eigenvalue weighted by Crippen LogP contribution is 2.56. The predicted octanol–water partition coefficient (Wildman–Crippen LogP) is -3.45. The van der Waals surface area contributed by atoms with Crippen molar-refractivity contribution in [1.29, 1.82) is 0 Å². The fraction of sp³-hybridized carbons (Fsp3) is 0.667. The number of phosphoric acid groups is 3. The molecule has 294 valence electrons. The molecule has 2 aromatic heterocycles. The Kier molecular flexibility index (Phi) is 15.4. The van der Waals surface area contributed by atoms with Gasteiger partial charge in [-0.3, -0.25) is 28.1 Å². The number of carbonyl (C=O) groups is 3. The number of hydrogen-bond acceptors (Lipinski definition) is 22. The summed E-state index contributed by atoms with van der Waals surface area (Å²) < 4.78 is 60.3. The minimum atomic E-state index is -5.90. The second kappa shape index (κ2) is 18.3. The maximum absolute atomic E-state index is 12.5. The molecule has 7 atom stereocenters. The number of nitrogens with one attached hydrogen (secondary N) is 2. The average molecular weight is 820 g/mol. The molecule has 3 heterocycles. The third-order valence-electron chi connectivity index (χ3n) is 7.03. The fourth-order valence-corrected chi connectivity index (χ4v) is 7.75. The first-order valence-electron chi connectivity index (χ1n) is 15.0. The highest BCUT2D eigenvalue weighted by atomic mass is 32.2. The highest BCUT2D eigenvalue weighted by molar-refractivity contribution is 8.13. The first kappa shape index (κ1) is 44.0. The van der Waals surface area contributed by atoms with Crippen LogP contribution in [0.4, 0.5) is 5.82 Å². The van der Waals surface area contributed by atoms with Gasteiger partial charge < -0.3 is 69.0 Å². The number of nitrogens with two attached hydrogens (primary N) is 1. The topological polar surface area (TPSA) is 375 Å². The second-order valence-electron chi connectivity index (χ2n) is 11.6. The zero-order valence-electron chi connectivity index (χ0n) is 27.6. The van der Waals surface area contributed by atoms with Crippen molar-refractivity contribution in [2.75, 3.05) is 37.8 Å². The summed E-state index contributed by atoms with van der Waals surface area (Å²) in [6.45, 7) is 1.83. The van der Waals surface area contributed by atoms with Crippen molar-refractivity contribution in [2.24, 2.45) is 5.41 Å². The molecule has 1 saturated heterocycles. The molecule has 0 radical (unpaired) electrons. The lowest BCUT2D eigenvalue weighted by molar-refractivity contribution is -0.347. The number of fused-ring (bicyclic) bond motifs is 1. The zero-order chi connectivity index (χ0) is 39.1. The van der Waals surface area contributed by atoms with Crippen LogP contribution in [0, 0.1) is 5.41 Å². The Bertz CT molecular complexity index is 1730. The quantitative estimate of drug-likeness (QED) is 0.0640. The van der Waals surface area contributed by atoms with Gasteiger partial charge in [-0.1, -0.05) is 32.5 Å². The van der Waals surface area contributed by atoms with Gasteiger partial charge in [0.15, 0.2) is 22.8 Å². The number of nitrogen functional groups attached to an aromatic ring is 1. The smallest absolute Gasteiger partial charge is 0.274 e. The maximum Gasteiger partial charge on any atom is 0.274 e. The van der Waals surface area contributed by atoms with Crippen LogP contribution in [0.25, 0.3) is 11.2 Å². The van der Waals surface area contributed by atoms with E-state index in [2.05, 4.69) is 43.5 Å². The average Bonchev–Trinajstić information content (AvgIpc) is 3.60. The van der Waals surface area contributed by atoms with Crippen LogP contribution in [0.15, 0.2) is 12.7 Å². The van der Waals surface area contributed by atoms with Crippen molar-refractivity contribution in [3.05, 3.63) is 12.7 Å². The molecule has 0 saturated carbocycles. The van der Waals surface area contributed by atoms with Gasteiger partial charge in [0.05, 0.1) is 27.4 Å². The number of hydrogen-bond donors (Lipinski definition) is 5.